The molecule has 1 amide bonds. The number of amides is 1. The lowest BCUT2D eigenvalue weighted by atomic mass is 10.0. The number of carbonyl (C=O) groups is 1. The summed E-state index contributed by atoms with van der Waals surface area (Å²) in [5, 5.41) is 2.31. The minimum absolute atomic E-state index is 0.0579. The standard InChI is InChI=1S/C23H16F5N3O/c1-12-18(23(26,27)28)9-16(11-29-12)31-22(32)8-14-3-2-13(7-20(14)25)15-6-17-19(24)4-5-21(17)30-10-15/h2-4,6-7,9-11H,5,8H2,1H3,(H,31,32). The second-order valence-electron chi connectivity index (χ2n) is 7.36. The number of halogens is 5. The van der Waals surface area contributed by atoms with Crippen molar-refractivity contribution in [3.05, 3.63) is 82.7 Å². The predicted molar refractivity (Wildman–Crippen MR) is 109 cm³/mol. The van der Waals surface area contributed by atoms with Gasteiger partial charge in [0.1, 0.15) is 11.6 Å². The maximum atomic E-state index is 14.6. The maximum absolute atomic E-state index is 14.6. The first kappa shape index (κ1) is 21.6. The number of aromatic nitrogens is 2. The molecule has 0 fully saturated rings. The number of carbonyl (C=O) groups excluding carboxylic acids is 1. The molecule has 0 aliphatic heterocycles. The molecule has 1 N–H and O–H groups in total. The first-order chi connectivity index (χ1) is 15.1. The number of nitrogens with zero attached hydrogens (tertiary/aromatic N) is 2. The number of nitrogens with one attached hydrogen (secondary N) is 1. The minimum Gasteiger partial charge on any atom is -0.324 e. The molecule has 32 heavy (non-hydrogen) atoms. The number of alkyl halides is 3. The summed E-state index contributed by atoms with van der Waals surface area (Å²) >= 11 is 0. The molecule has 4 rings (SSSR count). The number of anilines is 1. The SMILES string of the molecule is Cc1ncc(NC(=O)Cc2ccc(-c3cnc4c(c3)C(F)=CC4)cc2F)cc1C(F)(F)F. The highest BCUT2D eigenvalue weighted by Gasteiger charge is 2.33. The summed E-state index contributed by atoms with van der Waals surface area (Å²) in [6.07, 6.45) is -0.534. The molecule has 4 nitrogen and oxygen atoms in total. The number of aryl methyl sites for hydroxylation is 1. The van der Waals surface area contributed by atoms with E-state index in [2.05, 4.69) is 15.3 Å². The maximum Gasteiger partial charge on any atom is 0.418 e. The quantitative estimate of drug-likeness (QED) is 0.528. The summed E-state index contributed by atoms with van der Waals surface area (Å²) in [7, 11) is 0. The van der Waals surface area contributed by atoms with Gasteiger partial charge in [-0.3, -0.25) is 14.8 Å². The Balaban J connectivity index is 1.49. The molecule has 2 aromatic heterocycles. The summed E-state index contributed by atoms with van der Waals surface area (Å²) in [6, 6.07) is 6.55. The van der Waals surface area contributed by atoms with Crippen LogP contribution in [0, 0.1) is 12.7 Å². The highest BCUT2D eigenvalue weighted by atomic mass is 19.4. The average molecular weight is 445 g/mol. The Bertz CT molecular complexity index is 1250. The van der Waals surface area contributed by atoms with E-state index in [-0.39, 0.29) is 29.2 Å². The molecule has 3 aromatic rings. The molecule has 1 aromatic carbocycles. The van der Waals surface area contributed by atoms with E-state index in [1.807, 2.05) is 0 Å². The van der Waals surface area contributed by atoms with Crippen molar-refractivity contribution in [2.24, 2.45) is 0 Å². The molecule has 0 saturated carbocycles. The Labute approximate surface area is 179 Å². The van der Waals surface area contributed by atoms with Crippen molar-refractivity contribution < 1.29 is 26.7 Å². The molecule has 0 saturated heterocycles. The van der Waals surface area contributed by atoms with Crippen LogP contribution < -0.4 is 5.32 Å². The summed E-state index contributed by atoms with van der Waals surface area (Å²) in [6.45, 7) is 1.21. The van der Waals surface area contributed by atoms with Crippen molar-refractivity contribution >= 4 is 17.4 Å². The molecule has 0 radical (unpaired) electrons. The fourth-order valence-electron chi connectivity index (χ4n) is 3.45. The van der Waals surface area contributed by atoms with E-state index in [0.717, 1.165) is 12.3 Å². The Kier molecular flexibility index (Phi) is 5.50. The lowest BCUT2D eigenvalue weighted by Gasteiger charge is -2.12. The largest absolute Gasteiger partial charge is 0.418 e. The van der Waals surface area contributed by atoms with Crippen molar-refractivity contribution in [2.45, 2.75) is 25.9 Å². The third-order valence-corrected chi connectivity index (χ3v) is 5.12. The molecule has 2 heterocycles. The van der Waals surface area contributed by atoms with Crippen molar-refractivity contribution in [3.63, 3.8) is 0 Å². The zero-order valence-electron chi connectivity index (χ0n) is 16.7. The van der Waals surface area contributed by atoms with Crippen LogP contribution in [0.4, 0.5) is 27.6 Å². The summed E-state index contributed by atoms with van der Waals surface area (Å²) < 4.78 is 67.5. The van der Waals surface area contributed by atoms with Gasteiger partial charge in [-0.2, -0.15) is 13.2 Å². The van der Waals surface area contributed by atoms with Crippen LogP contribution in [-0.2, 0) is 23.8 Å². The third kappa shape index (κ3) is 4.37. The fourth-order valence-corrected chi connectivity index (χ4v) is 3.45. The van der Waals surface area contributed by atoms with Crippen LogP contribution in [0.2, 0.25) is 0 Å². The zero-order chi connectivity index (χ0) is 23.0. The van der Waals surface area contributed by atoms with E-state index >= 15 is 0 Å². The summed E-state index contributed by atoms with van der Waals surface area (Å²) in [4.78, 5) is 20.1. The van der Waals surface area contributed by atoms with Crippen LogP contribution in [0.15, 0.2) is 48.8 Å². The van der Waals surface area contributed by atoms with E-state index < -0.39 is 23.5 Å². The molecular weight excluding hydrogens is 429 g/mol. The Morgan fingerprint density at radius 2 is 1.84 bits per heavy atom. The first-order valence-electron chi connectivity index (χ1n) is 9.59. The van der Waals surface area contributed by atoms with Gasteiger partial charge >= 0.3 is 6.18 Å². The topological polar surface area (TPSA) is 54.9 Å². The van der Waals surface area contributed by atoms with Gasteiger partial charge in [0.05, 0.1) is 29.6 Å². The third-order valence-electron chi connectivity index (χ3n) is 5.12. The Morgan fingerprint density at radius 3 is 2.56 bits per heavy atom. The number of pyridine rings is 2. The van der Waals surface area contributed by atoms with Gasteiger partial charge in [-0.25, -0.2) is 8.78 Å². The van der Waals surface area contributed by atoms with E-state index in [9.17, 15) is 26.7 Å². The van der Waals surface area contributed by atoms with Crippen molar-refractivity contribution in [3.8, 4) is 11.1 Å². The van der Waals surface area contributed by atoms with E-state index in [4.69, 9.17) is 0 Å². The van der Waals surface area contributed by atoms with Crippen LogP contribution in [0.25, 0.3) is 17.0 Å². The lowest BCUT2D eigenvalue weighted by Crippen LogP contribution is -2.17. The van der Waals surface area contributed by atoms with Gasteiger partial charge in [0.15, 0.2) is 0 Å². The molecule has 0 atom stereocenters. The number of fused-ring (bicyclic) bond motifs is 1. The monoisotopic (exact) mass is 445 g/mol. The van der Waals surface area contributed by atoms with E-state index in [1.165, 1.54) is 31.3 Å². The zero-order valence-corrected chi connectivity index (χ0v) is 16.7. The number of hydrogen-bond donors (Lipinski definition) is 1. The van der Waals surface area contributed by atoms with E-state index in [1.54, 1.807) is 12.1 Å². The Morgan fingerprint density at radius 1 is 1.06 bits per heavy atom. The van der Waals surface area contributed by atoms with Gasteiger partial charge in [0.25, 0.3) is 0 Å². The second-order valence-corrected chi connectivity index (χ2v) is 7.36. The molecule has 0 spiro atoms. The van der Waals surface area contributed by atoms with Crippen molar-refractivity contribution in [2.75, 3.05) is 5.32 Å². The van der Waals surface area contributed by atoms with Crippen LogP contribution >= 0.6 is 0 Å². The highest BCUT2D eigenvalue weighted by molar-refractivity contribution is 5.92. The fraction of sp³-hybridized carbons (Fsp3) is 0.174. The summed E-state index contributed by atoms with van der Waals surface area (Å²) in [5.41, 5.74) is 0.713. The van der Waals surface area contributed by atoms with Gasteiger partial charge in [0, 0.05) is 29.4 Å². The van der Waals surface area contributed by atoms with Crippen LogP contribution in [0.3, 0.4) is 0 Å². The normalized spacial score (nSPS) is 13.0. The number of allylic oxidation sites excluding steroid dienone is 1. The number of benzene rings is 1. The first-order valence-corrected chi connectivity index (χ1v) is 9.59. The Hall–Kier alpha value is -3.62. The van der Waals surface area contributed by atoms with E-state index in [0.29, 0.717) is 28.8 Å². The minimum atomic E-state index is -4.61. The lowest BCUT2D eigenvalue weighted by molar-refractivity contribution is -0.138. The highest BCUT2D eigenvalue weighted by Crippen LogP contribution is 2.33. The van der Waals surface area contributed by atoms with Crippen LogP contribution in [-0.4, -0.2) is 15.9 Å². The van der Waals surface area contributed by atoms with Crippen LogP contribution in [0.5, 0.6) is 0 Å². The molecule has 1 aliphatic carbocycles. The summed E-state index contributed by atoms with van der Waals surface area (Å²) in [5.74, 6) is -1.74. The van der Waals surface area contributed by atoms with Gasteiger partial charge in [-0.15, -0.1) is 0 Å². The van der Waals surface area contributed by atoms with Crippen molar-refractivity contribution in [1.29, 1.82) is 0 Å². The molecule has 1 aliphatic rings. The number of hydrogen-bond acceptors (Lipinski definition) is 3. The van der Waals surface area contributed by atoms with Gasteiger partial charge in [-0.05, 0) is 42.3 Å². The van der Waals surface area contributed by atoms with Gasteiger partial charge < -0.3 is 5.32 Å². The number of rotatable bonds is 4. The molecule has 164 valence electrons. The van der Waals surface area contributed by atoms with Crippen LogP contribution in [0.1, 0.15) is 28.1 Å². The predicted octanol–water partition coefficient (Wildman–Crippen LogP) is 5.66. The molecular formula is C23H16F5N3O. The van der Waals surface area contributed by atoms with Crippen molar-refractivity contribution in [1.82, 2.24) is 9.97 Å². The average Bonchev–Trinajstić information content (AvgIpc) is 3.10. The molecule has 0 bridgehead atoms. The molecule has 0 unspecified atom stereocenters. The van der Waals surface area contributed by atoms with Gasteiger partial charge in [0.2, 0.25) is 5.91 Å². The second kappa shape index (κ2) is 8.14. The molecule has 9 heteroatoms. The van der Waals surface area contributed by atoms with Gasteiger partial charge in [-0.1, -0.05) is 12.1 Å². The smallest absolute Gasteiger partial charge is 0.324 e.